The van der Waals surface area contributed by atoms with Crippen LogP contribution in [0.1, 0.15) is 10.4 Å². The van der Waals surface area contributed by atoms with Gasteiger partial charge in [0.1, 0.15) is 6.10 Å². The Kier molecular flexibility index (Phi) is 4.25. The zero-order valence-corrected chi connectivity index (χ0v) is 9.97. The lowest BCUT2D eigenvalue weighted by Crippen LogP contribution is -2.39. The average Bonchev–Trinajstić information content (AvgIpc) is 2.60. The maximum Gasteiger partial charge on any atom is 0.252 e. The fourth-order valence-electron chi connectivity index (χ4n) is 0.821. The third-order valence-corrected chi connectivity index (χ3v) is 3.12. The van der Waals surface area contributed by atoms with Gasteiger partial charge in [0.15, 0.2) is 0 Å². The van der Waals surface area contributed by atoms with E-state index in [1.807, 2.05) is 0 Å². The van der Waals surface area contributed by atoms with Crippen molar-refractivity contribution < 1.29 is 14.7 Å². The minimum atomic E-state index is -1.35. The SMILES string of the molecule is NC(=O)C(O)CNC(=O)c1csc(Br)c1. The van der Waals surface area contributed by atoms with Crippen LogP contribution in [0.2, 0.25) is 0 Å². The molecule has 0 aromatic carbocycles. The smallest absolute Gasteiger partial charge is 0.252 e. The number of thiophene rings is 1. The predicted molar refractivity (Wildman–Crippen MR) is 59.6 cm³/mol. The van der Waals surface area contributed by atoms with Crippen LogP contribution < -0.4 is 11.1 Å². The highest BCUT2D eigenvalue weighted by Gasteiger charge is 2.13. The maximum absolute atomic E-state index is 11.4. The molecule has 0 fully saturated rings. The van der Waals surface area contributed by atoms with Gasteiger partial charge in [-0.25, -0.2) is 0 Å². The van der Waals surface area contributed by atoms with Gasteiger partial charge < -0.3 is 16.2 Å². The molecule has 1 rings (SSSR count). The third-order valence-electron chi connectivity index (χ3n) is 1.61. The van der Waals surface area contributed by atoms with E-state index in [2.05, 4.69) is 21.2 Å². The normalized spacial score (nSPS) is 12.1. The zero-order valence-electron chi connectivity index (χ0n) is 7.57. The van der Waals surface area contributed by atoms with Gasteiger partial charge in [0.25, 0.3) is 5.91 Å². The summed E-state index contributed by atoms with van der Waals surface area (Å²) in [4.78, 5) is 21.9. The zero-order chi connectivity index (χ0) is 11.4. The molecule has 2 amide bonds. The number of carbonyl (C=O) groups is 2. The molecule has 0 saturated carbocycles. The molecule has 7 heteroatoms. The summed E-state index contributed by atoms with van der Waals surface area (Å²) >= 11 is 4.59. The first-order valence-corrected chi connectivity index (χ1v) is 5.67. The van der Waals surface area contributed by atoms with Gasteiger partial charge in [0.05, 0.1) is 15.9 Å². The highest BCUT2D eigenvalue weighted by atomic mass is 79.9. The molecule has 0 aliphatic carbocycles. The Bertz CT molecular complexity index is 380. The number of hydrogen-bond acceptors (Lipinski definition) is 4. The number of hydrogen-bond donors (Lipinski definition) is 3. The maximum atomic E-state index is 11.4. The van der Waals surface area contributed by atoms with Crippen molar-refractivity contribution in [2.24, 2.45) is 5.73 Å². The number of amides is 2. The number of aliphatic hydroxyl groups excluding tert-OH is 1. The summed E-state index contributed by atoms with van der Waals surface area (Å²) in [7, 11) is 0. The molecule has 15 heavy (non-hydrogen) atoms. The molecular weight excluding hydrogens is 284 g/mol. The molecule has 0 spiro atoms. The number of aliphatic hydroxyl groups is 1. The van der Waals surface area contributed by atoms with E-state index in [9.17, 15) is 9.59 Å². The van der Waals surface area contributed by atoms with Gasteiger partial charge in [-0.2, -0.15) is 0 Å². The molecule has 1 heterocycles. The van der Waals surface area contributed by atoms with Gasteiger partial charge in [0, 0.05) is 5.38 Å². The van der Waals surface area contributed by atoms with Crippen molar-refractivity contribution in [3.63, 3.8) is 0 Å². The predicted octanol–water partition coefficient (Wildman–Crippen LogP) is 0.0866. The first kappa shape index (κ1) is 12.2. The van der Waals surface area contributed by atoms with Gasteiger partial charge in [0.2, 0.25) is 5.91 Å². The first-order valence-electron chi connectivity index (χ1n) is 4.00. The molecule has 1 aromatic heterocycles. The van der Waals surface area contributed by atoms with Gasteiger partial charge in [-0.3, -0.25) is 9.59 Å². The number of carbonyl (C=O) groups excluding carboxylic acids is 2. The van der Waals surface area contributed by atoms with E-state index < -0.39 is 12.0 Å². The van der Waals surface area contributed by atoms with Crippen molar-refractivity contribution in [1.82, 2.24) is 5.32 Å². The lowest BCUT2D eigenvalue weighted by molar-refractivity contribution is -0.125. The Morgan fingerprint density at radius 1 is 1.67 bits per heavy atom. The Balaban J connectivity index is 2.47. The second kappa shape index (κ2) is 5.24. The topological polar surface area (TPSA) is 92.4 Å². The molecule has 1 unspecified atom stereocenters. The lowest BCUT2D eigenvalue weighted by atomic mass is 10.3. The fourth-order valence-corrected chi connectivity index (χ4v) is 1.96. The van der Waals surface area contributed by atoms with Gasteiger partial charge in [-0.15, -0.1) is 11.3 Å². The van der Waals surface area contributed by atoms with Crippen molar-refractivity contribution in [2.45, 2.75) is 6.10 Å². The van der Waals surface area contributed by atoms with E-state index in [-0.39, 0.29) is 12.5 Å². The molecule has 0 radical (unpaired) electrons. The summed E-state index contributed by atoms with van der Waals surface area (Å²) < 4.78 is 0.836. The molecule has 0 aliphatic rings. The van der Waals surface area contributed by atoms with Gasteiger partial charge in [-0.05, 0) is 22.0 Å². The average molecular weight is 293 g/mol. The minimum absolute atomic E-state index is 0.179. The van der Waals surface area contributed by atoms with Crippen molar-refractivity contribution >= 4 is 39.1 Å². The summed E-state index contributed by atoms with van der Waals surface area (Å²) in [5, 5.41) is 13.1. The van der Waals surface area contributed by atoms with E-state index in [1.165, 1.54) is 11.3 Å². The third kappa shape index (κ3) is 3.61. The van der Waals surface area contributed by atoms with Crippen LogP contribution in [0.5, 0.6) is 0 Å². The largest absolute Gasteiger partial charge is 0.381 e. The summed E-state index contributed by atoms with van der Waals surface area (Å²) in [5.41, 5.74) is 5.29. The van der Waals surface area contributed by atoms with Gasteiger partial charge >= 0.3 is 0 Å². The number of halogens is 1. The summed E-state index contributed by atoms with van der Waals surface area (Å²) in [6, 6.07) is 1.65. The van der Waals surface area contributed by atoms with Crippen LogP contribution in [0, 0.1) is 0 Å². The molecule has 5 nitrogen and oxygen atoms in total. The second-order valence-corrected chi connectivity index (χ2v) is 5.06. The Morgan fingerprint density at radius 3 is 2.80 bits per heavy atom. The number of primary amides is 1. The number of nitrogens with two attached hydrogens (primary N) is 1. The van der Waals surface area contributed by atoms with E-state index in [1.54, 1.807) is 11.4 Å². The molecule has 82 valence electrons. The van der Waals surface area contributed by atoms with Crippen LogP contribution in [0.4, 0.5) is 0 Å². The van der Waals surface area contributed by atoms with E-state index >= 15 is 0 Å². The van der Waals surface area contributed by atoms with E-state index in [4.69, 9.17) is 10.8 Å². The van der Waals surface area contributed by atoms with Crippen LogP contribution >= 0.6 is 27.3 Å². The molecule has 1 aromatic rings. The van der Waals surface area contributed by atoms with Crippen molar-refractivity contribution in [1.29, 1.82) is 0 Å². The molecule has 0 aliphatic heterocycles. The molecule has 0 saturated heterocycles. The molecular formula is C8H9BrN2O3S. The quantitative estimate of drug-likeness (QED) is 0.734. The lowest BCUT2D eigenvalue weighted by Gasteiger charge is -2.07. The summed E-state index contributed by atoms with van der Waals surface area (Å²) in [6.45, 7) is -0.179. The Hall–Kier alpha value is -0.920. The Morgan fingerprint density at radius 2 is 2.33 bits per heavy atom. The van der Waals surface area contributed by atoms with Crippen molar-refractivity contribution in [3.05, 3.63) is 20.8 Å². The van der Waals surface area contributed by atoms with Crippen LogP contribution in [0.25, 0.3) is 0 Å². The van der Waals surface area contributed by atoms with Crippen LogP contribution in [-0.4, -0.2) is 29.6 Å². The standard InChI is InChI=1S/C8H9BrN2O3S/c9-6-1-4(3-15-6)8(14)11-2-5(12)7(10)13/h1,3,5,12H,2H2,(H2,10,13)(H,11,14). The Labute approximate surface area is 98.4 Å². The monoisotopic (exact) mass is 292 g/mol. The molecule has 0 bridgehead atoms. The minimum Gasteiger partial charge on any atom is -0.381 e. The highest BCUT2D eigenvalue weighted by Crippen LogP contribution is 2.20. The van der Waals surface area contributed by atoms with E-state index in [0.717, 1.165) is 3.79 Å². The molecule has 1 atom stereocenters. The van der Waals surface area contributed by atoms with Gasteiger partial charge in [-0.1, -0.05) is 0 Å². The number of rotatable bonds is 4. The fraction of sp³-hybridized carbons (Fsp3) is 0.250. The van der Waals surface area contributed by atoms with Crippen LogP contribution in [-0.2, 0) is 4.79 Å². The summed E-state index contributed by atoms with van der Waals surface area (Å²) in [6.07, 6.45) is -1.35. The van der Waals surface area contributed by atoms with E-state index in [0.29, 0.717) is 5.56 Å². The number of nitrogens with one attached hydrogen (secondary N) is 1. The van der Waals surface area contributed by atoms with Crippen LogP contribution in [0.15, 0.2) is 15.2 Å². The second-order valence-electron chi connectivity index (χ2n) is 2.77. The summed E-state index contributed by atoms with van der Waals surface area (Å²) in [5.74, 6) is -1.21. The highest BCUT2D eigenvalue weighted by molar-refractivity contribution is 9.11. The van der Waals surface area contributed by atoms with Crippen molar-refractivity contribution in [2.75, 3.05) is 6.54 Å². The van der Waals surface area contributed by atoms with Crippen molar-refractivity contribution in [3.8, 4) is 0 Å². The first-order chi connectivity index (χ1) is 7.00. The van der Waals surface area contributed by atoms with Crippen LogP contribution in [0.3, 0.4) is 0 Å². The molecule has 4 N–H and O–H groups in total.